The summed E-state index contributed by atoms with van der Waals surface area (Å²) >= 11 is 0. The molecular weight excluding hydrogens is 689 g/mol. The Morgan fingerprint density at radius 1 is 0.368 bits per heavy atom. The van der Waals surface area contributed by atoms with E-state index in [1.165, 1.54) is 82.8 Å². The van der Waals surface area contributed by atoms with Crippen molar-refractivity contribution >= 4 is 49.6 Å². The lowest BCUT2D eigenvalue weighted by Crippen LogP contribution is -2.15. The standard InChI is InChI=1S/C55H40N2/c1-55(2)51-18-10-8-16-47(51)49-36-46(31-32-52(49)55)56(43-26-20-39(21-27-43)37-12-4-3-5-13-37)44-28-22-40(23-29-44)42-25-33-54-50(35-42)48-17-9-11-19-53(48)57(54)45-30-24-38-14-6-7-15-41(38)34-45/h3-36H,1-2H3. The van der Waals surface area contributed by atoms with Crippen molar-refractivity contribution in [2.75, 3.05) is 4.90 Å². The van der Waals surface area contributed by atoms with Gasteiger partial charge in [-0.15, -0.1) is 0 Å². The zero-order valence-electron chi connectivity index (χ0n) is 32.0. The third-order valence-corrected chi connectivity index (χ3v) is 12.2. The average molecular weight is 729 g/mol. The van der Waals surface area contributed by atoms with Gasteiger partial charge in [0, 0.05) is 38.9 Å². The molecular formula is C55H40N2. The van der Waals surface area contributed by atoms with Gasteiger partial charge in [-0.1, -0.05) is 153 Å². The van der Waals surface area contributed by atoms with Crippen molar-refractivity contribution in [1.82, 2.24) is 4.57 Å². The Hall–Kier alpha value is -7.16. The fraction of sp³-hybridized carbons (Fsp3) is 0.0545. The Labute approximate surface area is 333 Å². The Morgan fingerprint density at radius 3 is 1.74 bits per heavy atom. The molecule has 9 aromatic carbocycles. The highest BCUT2D eigenvalue weighted by molar-refractivity contribution is 6.10. The normalized spacial score (nSPS) is 12.9. The molecule has 2 heteroatoms. The fourth-order valence-corrected chi connectivity index (χ4v) is 9.28. The van der Waals surface area contributed by atoms with Crippen LogP contribution in [-0.2, 0) is 5.41 Å². The first-order valence-electron chi connectivity index (χ1n) is 19.8. The summed E-state index contributed by atoms with van der Waals surface area (Å²) in [5.41, 5.74) is 17.1. The number of aromatic nitrogens is 1. The molecule has 0 aliphatic heterocycles. The molecule has 0 atom stereocenters. The first-order chi connectivity index (χ1) is 28.0. The summed E-state index contributed by atoms with van der Waals surface area (Å²) in [6.07, 6.45) is 0. The second kappa shape index (κ2) is 13.0. The lowest BCUT2D eigenvalue weighted by atomic mass is 9.82. The van der Waals surface area contributed by atoms with Gasteiger partial charge < -0.3 is 9.47 Å². The maximum Gasteiger partial charge on any atom is 0.0541 e. The number of para-hydroxylation sites is 1. The molecule has 1 heterocycles. The third kappa shape index (κ3) is 5.40. The Balaban J connectivity index is 1.01. The van der Waals surface area contributed by atoms with E-state index in [0.717, 1.165) is 17.1 Å². The average Bonchev–Trinajstić information content (AvgIpc) is 3.72. The second-order valence-corrected chi connectivity index (χ2v) is 15.8. The van der Waals surface area contributed by atoms with Crippen LogP contribution in [0.3, 0.4) is 0 Å². The maximum absolute atomic E-state index is 2.40. The topological polar surface area (TPSA) is 8.17 Å². The van der Waals surface area contributed by atoms with E-state index in [-0.39, 0.29) is 5.41 Å². The van der Waals surface area contributed by atoms with Crippen LogP contribution in [0, 0.1) is 0 Å². The third-order valence-electron chi connectivity index (χ3n) is 12.2. The summed E-state index contributed by atoms with van der Waals surface area (Å²) < 4.78 is 2.40. The summed E-state index contributed by atoms with van der Waals surface area (Å²) in [4.78, 5) is 2.40. The number of nitrogens with zero attached hydrogens (tertiary/aromatic N) is 2. The van der Waals surface area contributed by atoms with Gasteiger partial charge in [-0.25, -0.2) is 0 Å². The molecule has 1 aliphatic carbocycles. The van der Waals surface area contributed by atoms with Crippen LogP contribution in [0.4, 0.5) is 17.1 Å². The second-order valence-electron chi connectivity index (χ2n) is 15.8. The smallest absolute Gasteiger partial charge is 0.0541 e. The Kier molecular flexibility index (Phi) is 7.55. The first-order valence-corrected chi connectivity index (χ1v) is 19.8. The van der Waals surface area contributed by atoms with Crippen LogP contribution in [0.1, 0.15) is 25.0 Å². The van der Waals surface area contributed by atoms with Gasteiger partial charge in [0.2, 0.25) is 0 Å². The van der Waals surface area contributed by atoms with Crippen molar-refractivity contribution in [2.45, 2.75) is 19.3 Å². The summed E-state index contributed by atoms with van der Waals surface area (Å²) in [5, 5.41) is 5.00. The summed E-state index contributed by atoms with van der Waals surface area (Å²) in [5.74, 6) is 0. The zero-order chi connectivity index (χ0) is 38.1. The molecule has 0 N–H and O–H groups in total. The quantitative estimate of drug-likeness (QED) is 0.165. The van der Waals surface area contributed by atoms with Crippen molar-refractivity contribution in [3.63, 3.8) is 0 Å². The van der Waals surface area contributed by atoms with E-state index in [1.807, 2.05) is 0 Å². The van der Waals surface area contributed by atoms with Crippen LogP contribution in [0.15, 0.2) is 206 Å². The largest absolute Gasteiger partial charge is 0.310 e. The molecule has 0 spiro atoms. The molecule has 0 bridgehead atoms. The van der Waals surface area contributed by atoms with E-state index < -0.39 is 0 Å². The van der Waals surface area contributed by atoms with E-state index in [1.54, 1.807) is 0 Å². The zero-order valence-corrected chi connectivity index (χ0v) is 32.0. The van der Waals surface area contributed by atoms with Gasteiger partial charge in [0.15, 0.2) is 0 Å². The molecule has 11 rings (SSSR count). The van der Waals surface area contributed by atoms with Crippen molar-refractivity contribution < 1.29 is 0 Å². The van der Waals surface area contributed by atoms with Crippen LogP contribution in [0.2, 0.25) is 0 Å². The highest BCUT2D eigenvalue weighted by Gasteiger charge is 2.35. The molecule has 0 saturated heterocycles. The number of benzene rings is 9. The minimum absolute atomic E-state index is 0.0445. The number of fused-ring (bicyclic) bond motifs is 7. The van der Waals surface area contributed by atoms with Crippen LogP contribution < -0.4 is 4.90 Å². The monoisotopic (exact) mass is 728 g/mol. The minimum atomic E-state index is -0.0445. The van der Waals surface area contributed by atoms with Crippen LogP contribution in [0.25, 0.3) is 71.6 Å². The van der Waals surface area contributed by atoms with Gasteiger partial charge in [-0.05, 0) is 122 Å². The molecule has 1 aromatic heterocycles. The van der Waals surface area contributed by atoms with Crippen LogP contribution in [0.5, 0.6) is 0 Å². The molecule has 57 heavy (non-hydrogen) atoms. The summed E-state index contributed by atoms with van der Waals surface area (Å²) in [6, 6.07) is 75.6. The Morgan fingerprint density at radius 2 is 0.947 bits per heavy atom. The van der Waals surface area contributed by atoms with Crippen LogP contribution in [-0.4, -0.2) is 4.57 Å². The number of rotatable bonds is 6. The molecule has 0 amide bonds. The van der Waals surface area contributed by atoms with Gasteiger partial charge in [0.25, 0.3) is 0 Å². The summed E-state index contributed by atoms with van der Waals surface area (Å²) in [6.45, 7) is 4.68. The minimum Gasteiger partial charge on any atom is -0.310 e. The molecule has 0 unspecified atom stereocenters. The Bertz CT molecular complexity index is 3130. The fourth-order valence-electron chi connectivity index (χ4n) is 9.28. The van der Waals surface area contributed by atoms with Gasteiger partial charge in [0.05, 0.1) is 11.0 Å². The van der Waals surface area contributed by atoms with Gasteiger partial charge in [-0.3, -0.25) is 0 Å². The first kappa shape index (κ1) is 33.2. The van der Waals surface area contributed by atoms with E-state index in [2.05, 4.69) is 230 Å². The molecule has 0 radical (unpaired) electrons. The number of hydrogen-bond acceptors (Lipinski definition) is 1. The molecule has 1 aliphatic rings. The predicted molar refractivity (Wildman–Crippen MR) is 241 cm³/mol. The maximum atomic E-state index is 2.40. The van der Waals surface area contributed by atoms with E-state index in [4.69, 9.17) is 0 Å². The molecule has 0 fully saturated rings. The number of anilines is 3. The van der Waals surface area contributed by atoms with E-state index >= 15 is 0 Å². The highest BCUT2D eigenvalue weighted by Crippen LogP contribution is 2.50. The van der Waals surface area contributed by atoms with Crippen molar-refractivity contribution in [3.05, 3.63) is 217 Å². The molecule has 270 valence electrons. The molecule has 0 saturated carbocycles. The lowest BCUT2D eigenvalue weighted by molar-refractivity contribution is 0.660. The SMILES string of the molecule is CC1(C)c2ccccc2-c2cc(N(c3ccc(-c4ccccc4)cc3)c3ccc(-c4ccc5c(c4)c4ccccc4n5-c4ccc5ccccc5c4)cc3)ccc21. The van der Waals surface area contributed by atoms with Crippen molar-refractivity contribution in [2.24, 2.45) is 0 Å². The van der Waals surface area contributed by atoms with Gasteiger partial charge in [0.1, 0.15) is 0 Å². The highest BCUT2D eigenvalue weighted by atomic mass is 15.1. The van der Waals surface area contributed by atoms with Crippen molar-refractivity contribution in [1.29, 1.82) is 0 Å². The van der Waals surface area contributed by atoms with E-state index in [9.17, 15) is 0 Å². The molecule has 10 aromatic rings. The van der Waals surface area contributed by atoms with Crippen molar-refractivity contribution in [3.8, 4) is 39.1 Å². The van der Waals surface area contributed by atoms with Crippen LogP contribution >= 0.6 is 0 Å². The number of hydrogen-bond donors (Lipinski definition) is 0. The predicted octanol–water partition coefficient (Wildman–Crippen LogP) is 15.0. The van der Waals surface area contributed by atoms with Gasteiger partial charge in [-0.2, -0.15) is 0 Å². The molecule has 2 nitrogen and oxygen atoms in total. The lowest BCUT2D eigenvalue weighted by Gasteiger charge is -2.27. The van der Waals surface area contributed by atoms with E-state index in [0.29, 0.717) is 0 Å². The van der Waals surface area contributed by atoms with Gasteiger partial charge >= 0.3 is 0 Å². The summed E-state index contributed by atoms with van der Waals surface area (Å²) in [7, 11) is 0.